The predicted octanol–water partition coefficient (Wildman–Crippen LogP) is 1.62. The molecule has 0 bridgehead atoms. The van der Waals surface area contributed by atoms with Gasteiger partial charge in [0, 0.05) is 12.6 Å². The van der Waals surface area contributed by atoms with Gasteiger partial charge in [-0.2, -0.15) is 0 Å². The smallest absolute Gasteiger partial charge is 0.251 e. The molecule has 3 nitrogen and oxygen atoms in total. The highest BCUT2D eigenvalue weighted by Crippen LogP contribution is 2.20. The van der Waals surface area contributed by atoms with Crippen LogP contribution in [0.3, 0.4) is 0 Å². The van der Waals surface area contributed by atoms with E-state index in [1.54, 1.807) is 26.3 Å². The van der Waals surface area contributed by atoms with Crippen molar-refractivity contribution in [3.05, 3.63) is 29.3 Å². The number of carbonyl (C=O) groups excluding carboxylic acids is 1. The molecule has 0 aliphatic rings. The number of carbonyl (C=O) groups is 1. The molecule has 14 heavy (non-hydrogen) atoms. The topological polar surface area (TPSA) is 38.3 Å². The maximum absolute atomic E-state index is 11.3. The molecule has 3 heteroatoms. The monoisotopic (exact) mass is 193 g/mol. The first-order valence-corrected chi connectivity index (χ1v) is 4.62. The van der Waals surface area contributed by atoms with Gasteiger partial charge in [0.1, 0.15) is 5.75 Å². The van der Waals surface area contributed by atoms with Gasteiger partial charge in [-0.25, -0.2) is 0 Å². The minimum absolute atomic E-state index is 0.0917. The van der Waals surface area contributed by atoms with Crippen LogP contribution in [0.25, 0.3) is 0 Å². The van der Waals surface area contributed by atoms with Crippen LogP contribution < -0.4 is 10.1 Å². The number of benzene rings is 1. The molecule has 0 heterocycles. The summed E-state index contributed by atoms with van der Waals surface area (Å²) < 4.78 is 5.19. The van der Waals surface area contributed by atoms with Crippen LogP contribution in [-0.2, 0) is 6.42 Å². The number of rotatable bonds is 3. The molecular formula is C11H15NO2. The summed E-state index contributed by atoms with van der Waals surface area (Å²) in [7, 11) is 3.23. The fourth-order valence-electron chi connectivity index (χ4n) is 1.32. The first-order valence-electron chi connectivity index (χ1n) is 4.62. The van der Waals surface area contributed by atoms with Crippen LogP contribution in [0.4, 0.5) is 0 Å². The van der Waals surface area contributed by atoms with E-state index in [1.165, 1.54) is 0 Å². The second-order valence-corrected chi connectivity index (χ2v) is 2.96. The second kappa shape index (κ2) is 4.65. The molecule has 76 valence electrons. The van der Waals surface area contributed by atoms with Crippen molar-refractivity contribution in [1.82, 2.24) is 5.32 Å². The van der Waals surface area contributed by atoms with E-state index in [0.29, 0.717) is 5.56 Å². The van der Waals surface area contributed by atoms with E-state index in [-0.39, 0.29) is 5.91 Å². The van der Waals surface area contributed by atoms with E-state index in [1.807, 2.05) is 6.07 Å². The normalized spacial score (nSPS) is 9.64. The van der Waals surface area contributed by atoms with Gasteiger partial charge < -0.3 is 10.1 Å². The van der Waals surface area contributed by atoms with Crippen LogP contribution in [-0.4, -0.2) is 20.1 Å². The van der Waals surface area contributed by atoms with Gasteiger partial charge in [0.25, 0.3) is 5.91 Å². The summed E-state index contributed by atoms with van der Waals surface area (Å²) in [6.07, 6.45) is 0.900. The highest BCUT2D eigenvalue weighted by molar-refractivity contribution is 5.94. The maximum Gasteiger partial charge on any atom is 0.251 e. The number of hydrogen-bond acceptors (Lipinski definition) is 2. The van der Waals surface area contributed by atoms with Crippen LogP contribution in [0.15, 0.2) is 18.2 Å². The third kappa shape index (κ3) is 2.05. The Kier molecular flexibility index (Phi) is 3.51. The molecule has 0 spiro atoms. The molecule has 0 aromatic heterocycles. The molecule has 0 saturated heterocycles. The van der Waals surface area contributed by atoms with E-state index in [4.69, 9.17) is 4.74 Å². The molecular weight excluding hydrogens is 178 g/mol. The quantitative estimate of drug-likeness (QED) is 0.792. The molecule has 1 aromatic carbocycles. The molecule has 1 N–H and O–H groups in total. The molecule has 0 fully saturated rings. The summed E-state index contributed by atoms with van der Waals surface area (Å²) in [4.78, 5) is 11.3. The Hall–Kier alpha value is -1.51. The molecule has 1 amide bonds. The van der Waals surface area contributed by atoms with Crippen molar-refractivity contribution in [3.63, 3.8) is 0 Å². The molecule has 0 atom stereocenters. The van der Waals surface area contributed by atoms with Crippen molar-refractivity contribution >= 4 is 5.91 Å². The lowest BCUT2D eigenvalue weighted by molar-refractivity contribution is 0.0962. The molecule has 0 radical (unpaired) electrons. The molecule has 1 rings (SSSR count). The average Bonchev–Trinajstić information content (AvgIpc) is 2.26. The Morgan fingerprint density at radius 3 is 2.71 bits per heavy atom. The number of amides is 1. The summed E-state index contributed by atoms with van der Waals surface area (Å²) in [6.45, 7) is 2.05. The number of ether oxygens (including phenoxy) is 1. The summed E-state index contributed by atoms with van der Waals surface area (Å²) in [5.41, 5.74) is 1.74. The number of methoxy groups -OCH3 is 1. The highest BCUT2D eigenvalue weighted by Gasteiger charge is 2.07. The SMILES string of the molecule is CCc1ccc(C(=O)NC)cc1OC. The summed E-state index contributed by atoms with van der Waals surface area (Å²) in [5, 5.41) is 2.58. The van der Waals surface area contributed by atoms with Gasteiger partial charge >= 0.3 is 0 Å². The maximum atomic E-state index is 11.3. The van der Waals surface area contributed by atoms with Gasteiger partial charge in [-0.3, -0.25) is 4.79 Å². The van der Waals surface area contributed by atoms with E-state index < -0.39 is 0 Å². The molecule has 0 aliphatic heterocycles. The molecule has 0 saturated carbocycles. The minimum Gasteiger partial charge on any atom is -0.496 e. The van der Waals surface area contributed by atoms with E-state index in [2.05, 4.69) is 12.2 Å². The highest BCUT2D eigenvalue weighted by atomic mass is 16.5. The van der Waals surface area contributed by atoms with Gasteiger partial charge in [0.05, 0.1) is 7.11 Å². The van der Waals surface area contributed by atoms with Crippen LogP contribution in [0, 0.1) is 0 Å². The van der Waals surface area contributed by atoms with Gasteiger partial charge in [-0.05, 0) is 24.1 Å². The molecule has 0 unspecified atom stereocenters. The van der Waals surface area contributed by atoms with Crippen LogP contribution in [0.1, 0.15) is 22.8 Å². The number of nitrogens with one attached hydrogen (secondary N) is 1. The van der Waals surface area contributed by atoms with Crippen LogP contribution >= 0.6 is 0 Å². The zero-order valence-corrected chi connectivity index (χ0v) is 8.76. The van der Waals surface area contributed by atoms with Crippen LogP contribution in [0.5, 0.6) is 5.75 Å². The second-order valence-electron chi connectivity index (χ2n) is 2.96. The average molecular weight is 193 g/mol. The van der Waals surface area contributed by atoms with Gasteiger partial charge in [-0.15, -0.1) is 0 Å². The predicted molar refractivity (Wildman–Crippen MR) is 55.8 cm³/mol. The number of aryl methyl sites for hydroxylation is 1. The summed E-state index contributed by atoms with van der Waals surface area (Å²) in [5.74, 6) is 0.680. The third-order valence-corrected chi connectivity index (χ3v) is 2.16. The van der Waals surface area contributed by atoms with Crippen molar-refractivity contribution in [3.8, 4) is 5.75 Å². The Bertz CT molecular complexity index is 334. The first-order chi connectivity index (χ1) is 6.72. The van der Waals surface area contributed by atoms with E-state index >= 15 is 0 Å². The third-order valence-electron chi connectivity index (χ3n) is 2.16. The molecule has 0 aliphatic carbocycles. The summed E-state index contributed by atoms with van der Waals surface area (Å²) >= 11 is 0. The zero-order chi connectivity index (χ0) is 10.6. The Morgan fingerprint density at radius 1 is 1.50 bits per heavy atom. The lowest BCUT2D eigenvalue weighted by Gasteiger charge is -2.08. The van der Waals surface area contributed by atoms with Crippen molar-refractivity contribution < 1.29 is 9.53 Å². The van der Waals surface area contributed by atoms with Crippen molar-refractivity contribution in [1.29, 1.82) is 0 Å². The lowest BCUT2D eigenvalue weighted by atomic mass is 10.1. The fourth-order valence-corrected chi connectivity index (χ4v) is 1.32. The van der Waals surface area contributed by atoms with Crippen molar-refractivity contribution in [2.45, 2.75) is 13.3 Å². The first kappa shape index (κ1) is 10.6. The van der Waals surface area contributed by atoms with Gasteiger partial charge in [0.2, 0.25) is 0 Å². The van der Waals surface area contributed by atoms with Gasteiger partial charge in [0.15, 0.2) is 0 Å². The zero-order valence-electron chi connectivity index (χ0n) is 8.76. The molecule has 1 aromatic rings. The van der Waals surface area contributed by atoms with Crippen molar-refractivity contribution in [2.24, 2.45) is 0 Å². The van der Waals surface area contributed by atoms with Gasteiger partial charge in [-0.1, -0.05) is 13.0 Å². The summed E-state index contributed by atoms with van der Waals surface area (Å²) in [6, 6.07) is 5.49. The van der Waals surface area contributed by atoms with Crippen LogP contribution in [0.2, 0.25) is 0 Å². The Morgan fingerprint density at radius 2 is 2.21 bits per heavy atom. The Balaban J connectivity index is 3.07. The standard InChI is InChI=1S/C11H15NO2/c1-4-8-5-6-9(11(13)12-2)7-10(8)14-3/h5-7H,4H2,1-3H3,(H,12,13). The lowest BCUT2D eigenvalue weighted by Crippen LogP contribution is -2.17. The minimum atomic E-state index is -0.0917. The largest absolute Gasteiger partial charge is 0.496 e. The van der Waals surface area contributed by atoms with E-state index in [0.717, 1.165) is 17.7 Å². The Labute approximate surface area is 84.1 Å². The van der Waals surface area contributed by atoms with Crippen molar-refractivity contribution in [2.75, 3.05) is 14.2 Å². The fraction of sp³-hybridized carbons (Fsp3) is 0.364. The number of hydrogen-bond donors (Lipinski definition) is 1. The van der Waals surface area contributed by atoms with E-state index in [9.17, 15) is 4.79 Å².